The van der Waals surface area contributed by atoms with E-state index in [9.17, 15) is 14.7 Å². The minimum atomic E-state index is -0.898. The number of nitrogens with one attached hydrogen (secondary N) is 2. The molecule has 0 radical (unpaired) electrons. The second-order valence-corrected chi connectivity index (χ2v) is 7.04. The van der Waals surface area contributed by atoms with Crippen molar-refractivity contribution in [1.82, 2.24) is 0 Å². The maximum atomic E-state index is 12.5. The highest BCUT2D eigenvalue weighted by molar-refractivity contribution is 6.01. The number of nitrogen functional groups attached to an aromatic ring is 1. The lowest BCUT2D eigenvalue weighted by Gasteiger charge is -2.24. The molecule has 5 N–H and O–H groups in total. The number of benzene rings is 3. The molecule has 0 aliphatic carbocycles. The summed E-state index contributed by atoms with van der Waals surface area (Å²) in [5, 5.41) is 15.0. The van der Waals surface area contributed by atoms with E-state index in [0.717, 1.165) is 0 Å². The van der Waals surface area contributed by atoms with Gasteiger partial charge in [0.1, 0.15) is 11.9 Å². The quantitative estimate of drug-likeness (QED) is 0.298. The van der Waals surface area contributed by atoms with Crippen molar-refractivity contribution in [3.05, 3.63) is 96.6 Å². The van der Waals surface area contributed by atoms with Gasteiger partial charge in [0.25, 0.3) is 0 Å². The van der Waals surface area contributed by atoms with Gasteiger partial charge in [0.15, 0.2) is 6.10 Å². The summed E-state index contributed by atoms with van der Waals surface area (Å²) in [6.07, 6.45) is 0.380. The Labute approximate surface area is 191 Å². The summed E-state index contributed by atoms with van der Waals surface area (Å²) in [6, 6.07) is 21.9. The van der Waals surface area contributed by atoms with Crippen LogP contribution in [0.2, 0.25) is 0 Å². The first-order valence-electron chi connectivity index (χ1n) is 10.1. The van der Waals surface area contributed by atoms with Crippen LogP contribution in [-0.4, -0.2) is 30.3 Å². The fraction of sp³-hybridized carbons (Fsp3) is 0.120. The van der Waals surface area contributed by atoms with Crippen LogP contribution in [0.25, 0.3) is 0 Å². The van der Waals surface area contributed by atoms with Crippen LogP contribution in [0.15, 0.2) is 91.0 Å². The molecule has 2 amide bonds. The van der Waals surface area contributed by atoms with Crippen LogP contribution in [0.1, 0.15) is 11.7 Å². The molecule has 170 valence electrons. The molecule has 0 saturated carbocycles. The topological polar surface area (TPSA) is 123 Å². The number of hydrogen-bond acceptors (Lipinski definition) is 6. The van der Waals surface area contributed by atoms with Crippen molar-refractivity contribution in [1.29, 1.82) is 0 Å². The SMILES string of the molecule is CO[C@@H](/C=C/C(=O)Nc1ccccc1N)[C@@H](OC(=O)Nc1ccccc1)c1ccc(O)cc1. The van der Waals surface area contributed by atoms with E-state index in [2.05, 4.69) is 10.6 Å². The van der Waals surface area contributed by atoms with Crippen molar-refractivity contribution < 1.29 is 24.2 Å². The summed E-state index contributed by atoms with van der Waals surface area (Å²) in [6.45, 7) is 0. The van der Waals surface area contributed by atoms with E-state index in [4.69, 9.17) is 15.2 Å². The Kier molecular flexibility index (Phi) is 8.04. The van der Waals surface area contributed by atoms with Crippen LogP contribution < -0.4 is 16.4 Å². The van der Waals surface area contributed by atoms with Crippen LogP contribution in [0, 0.1) is 0 Å². The molecule has 3 aromatic rings. The minimum absolute atomic E-state index is 0.0653. The number of para-hydroxylation sites is 3. The largest absolute Gasteiger partial charge is 0.508 e. The second kappa shape index (κ2) is 11.4. The van der Waals surface area contributed by atoms with Gasteiger partial charge >= 0.3 is 6.09 Å². The van der Waals surface area contributed by atoms with Gasteiger partial charge in [-0.2, -0.15) is 0 Å². The Hall–Kier alpha value is -4.30. The maximum absolute atomic E-state index is 12.5. The smallest absolute Gasteiger partial charge is 0.412 e. The molecule has 8 nitrogen and oxygen atoms in total. The van der Waals surface area contributed by atoms with Gasteiger partial charge in [-0.15, -0.1) is 0 Å². The van der Waals surface area contributed by atoms with Gasteiger partial charge in [-0.25, -0.2) is 4.79 Å². The monoisotopic (exact) mass is 447 g/mol. The van der Waals surface area contributed by atoms with E-state index < -0.39 is 24.2 Å². The highest BCUT2D eigenvalue weighted by atomic mass is 16.6. The number of ether oxygens (including phenoxy) is 2. The third-order valence-corrected chi connectivity index (χ3v) is 4.70. The number of carbonyl (C=O) groups excluding carboxylic acids is 2. The normalized spacial score (nSPS) is 12.6. The zero-order valence-corrected chi connectivity index (χ0v) is 18.0. The number of aromatic hydroxyl groups is 1. The van der Waals surface area contributed by atoms with Gasteiger partial charge in [0, 0.05) is 18.9 Å². The van der Waals surface area contributed by atoms with E-state index >= 15 is 0 Å². The molecule has 3 rings (SSSR count). The first-order valence-corrected chi connectivity index (χ1v) is 10.1. The number of anilines is 3. The Balaban J connectivity index is 1.77. The van der Waals surface area contributed by atoms with Gasteiger partial charge in [-0.3, -0.25) is 10.1 Å². The molecule has 0 heterocycles. The average molecular weight is 447 g/mol. The standard InChI is InChI=1S/C25H25N3O5/c1-32-22(15-16-23(30)28-21-10-6-5-9-20(21)26)24(17-11-13-19(29)14-12-17)33-25(31)27-18-7-3-2-4-8-18/h2-16,22,24,29H,26H2,1H3,(H,27,31)(H,28,30)/b16-15+/t22-,24-/m0/s1. The lowest BCUT2D eigenvalue weighted by molar-refractivity contribution is -0.112. The van der Waals surface area contributed by atoms with E-state index in [1.54, 1.807) is 60.7 Å². The molecule has 2 atom stereocenters. The van der Waals surface area contributed by atoms with Crippen LogP contribution in [0.5, 0.6) is 5.75 Å². The lowest BCUT2D eigenvalue weighted by atomic mass is 10.0. The number of carbonyl (C=O) groups is 2. The number of nitrogens with two attached hydrogens (primary N) is 1. The van der Waals surface area contributed by atoms with Crippen molar-refractivity contribution in [3.8, 4) is 5.75 Å². The average Bonchev–Trinajstić information content (AvgIpc) is 2.81. The Morgan fingerprint density at radius 3 is 2.27 bits per heavy atom. The van der Waals surface area contributed by atoms with Crippen LogP contribution in [-0.2, 0) is 14.3 Å². The van der Waals surface area contributed by atoms with Crippen molar-refractivity contribution in [2.45, 2.75) is 12.2 Å². The highest BCUT2D eigenvalue weighted by Gasteiger charge is 2.26. The summed E-state index contributed by atoms with van der Waals surface area (Å²) in [4.78, 5) is 24.9. The fourth-order valence-electron chi connectivity index (χ4n) is 3.04. The number of phenolic OH excluding ortho intramolecular Hbond substituents is 1. The van der Waals surface area contributed by atoms with Gasteiger partial charge in [0.05, 0.1) is 11.4 Å². The Morgan fingerprint density at radius 1 is 0.939 bits per heavy atom. The summed E-state index contributed by atoms with van der Waals surface area (Å²) in [5.41, 5.74) is 7.91. The lowest BCUT2D eigenvalue weighted by Crippen LogP contribution is -2.27. The van der Waals surface area contributed by atoms with E-state index in [-0.39, 0.29) is 5.75 Å². The Bertz CT molecular complexity index is 1100. The fourth-order valence-corrected chi connectivity index (χ4v) is 3.04. The van der Waals surface area contributed by atoms with Crippen LogP contribution >= 0.6 is 0 Å². The molecule has 0 bridgehead atoms. The summed E-state index contributed by atoms with van der Waals surface area (Å²) in [5.74, 6) is -0.358. The summed E-state index contributed by atoms with van der Waals surface area (Å²) < 4.78 is 11.2. The van der Waals surface area contributed by atoms with E-state index in [0.29, 0.717) is 22.6 Å². The molecule has 8 heteroatoms. The summed E-state index contributed by atoms with van der Waals surface area (Å²) >= 11 is 0. The van der Waals surface area contributed by atoms with E-state index in [1.807, 2.05) is 6.07 Å². The first kappa shape index (κ1) is 23.4. The zero-order chi connectivity index (χ0) is 23.6. The second-order valence-electron chi connectivity index (χ2n) is 7.04. The third kappa shape index (κ3) is 6.84. The molecule has 33 heavy (non-hydrogen) atoms. The van der Waals surface area contributed by atoms with Crippen LogP contribution in [0.4, 0.5) is 21.9 Å². The number of methoxy groups -OCH3 is 1. The Morgan fingerprint density at radius 2 is 1.61 bits per heavy atom. The minimum Gasteiger partial charge on any atom is -0.508 e. The number of rotatable bonds is 8. The molecule has 0 aromatic heterocycles. The predicted molar refractivity (Wildman–Crippen MR) is 127 cm³/mol. The van der Waals surface area contributed by atoms with E-state index in [1.165, 1.54) is 31.4 Å². The maximum Gasteiger partial charge on any atom is 0.412 e. The molecule has 0 aliphatic rings. The molecular weight excluding hydrogens is 422 g/mol. The van der Waals surface area contributed by atoms with Crippen molar-refractivity contribution in [2.24, 2.45) is 0 Å². The third-order valence-electron chi connectivity index (χ3n) is 4.70. The molecule has 0 fully saturated rings. The van der Waals surface area contributed by atoms with Crippen LogP contribution in [0.3, 0.4) is 0 Å². The van der Waals surface area contributed by atoms with Crippen molar-refractivity contribution in [2.75, 3.05) is 23.5 Å². The molecular formula is C25H25N3O5. The molecule has 0 aliphatic heterocycles. The van der Waals surface area contributed by atoms with Crippen molar-refractivity contribution >= 4 is 29.1 Å². The van der Waals surface area contributed by atoms with Gasteiger partial charge in [0.2, 0.25) is 5.91 Å². The van der Waals surface area contributed by atoms with Gasteiger partial charge in [-0.05, 0) is 48.0 Å². The predicted octanol–water partition coefficient (Wildman–Crippen LogP) is 4.47. The summed E-state index contributed by atoms with van der Waals surface area (Å²) in [7, 11) is 1.44. The number of phenols is 1. The molecule has 3 aromatic carbocycles. The highest BCUT2D eigenvalue weighted by Crippen LogP contribution is 2.27. The molecule has 0 saturated heterocycles. The van der Waals surface area contributed by atoms with Gasteiger partial charge in [-0.1, -0.05) is 42.5 Å². The molecule has 0 unspecified atom stereocenters. The number of amides is 2. The number of hydrogen-bond donors (Lipinski definition) is 4. The van der Waals surface area contributed by atoms with Gasteiger partial charge < -0.3 is 25.6 Å². The molecule has 0 spiro atoms. The first-order chi connectivity index (χ1) is 16.0. The zero-order valence-electron chi connectivity index (χ0n) is 18.0. The van der Waals surface area contributed by atoms with Crippen molar-refractivity contribution in [3.63, 3.8) is 0 Å².